The van der Waals surface area contributed by atoms with Gasteiger partial charge in [0.2, 0.25) is 0 Å². The Morgan fingerprint density at radius 3 is 1.00 bits per heavy atom. The fourth-order valence-electron chi connectivity index (χ4n) is 7.57. The highest BCUT2D eigenvalue weighted by molar-refractivity contribution is 8.04. The van der Waals surface area contributed by atoms with Crippen molar-refractivity contribution in [1.29, 1.82) is 0 Å². The number of hydrogen-bond donors (Lipinski definition) is 0. The quantitative estimate of drug-likeness (QED) is 0.148. The van der Waals surface area contributed by atoms with Gasteiger partial charge in [0, 0.05) is 15.2 Å². The highest BCUT2D eigenvalue weighted by Crippen LogP contribution is 2.68. The molecule has 0 fully saturated rings. The first-order valence-electron chi connectivity index (χ1n) is 17.0. The molecule has 0 amide bonds. The Labute approximate surface area is 312 Å². The molecule has 250 valence electrons. The Bertz CT molecular complexity index is 2450. The molecular formula is C45H36Cl2P4. The van der Waals surface area contributed by atoms with Crippen molar-refractivity contribution < 1.29 is 0 Å². The van der Waals surface area contributed by atoms with Gasteiger partial charge in [-0.2, -0.15) is 0 Å². The van der Waals surface area contributed by atoms with E-state index < -0.39 is 27.5 Å². The predicted molar refractivity (Wildman–Crippen MR) is 233 cm³/mol. The number of fused-ring (bicyclic) bond motifs is 1. The molecule has 1 heterocycles. The van der Waals surface area contributed by atoms with Crippen molar-refractivity contribution in [2.45, 2.75) is 6.92 Å². The number of hydrogen-bond acceptors (Lipinski definition) is 0. The summed E-state index contributed by atoms with van der Waals surface area (Å²) in [5.74, 6) is 0. The molecule has 0 nitrogen and oxygen atoms in total. The molecule has 7 aromatic carbocycles. The van der Waals surface area contributed by atoms with Crippen LogP contribution in [0, 0.1) is 16.0 Å². The van der Waals surface area contributed by atoms with E-state index in [1.165, 1.54) is 57.0 Å². The minimum absolute atomic E-state index is 1.21. The molecule has 6 heteroatoms. The van der Waals surface area contributed by atoms with Crippen molar-refractivity contribution in [1.82, 2.24) is 0 Å². The first kappa shape index (κ1) is 34.4. The molecule has 0 radical (unpaired) electrons. The molecule has 8 aromatic rings. The van der Waals surface area contributed by atoms with E-state index in [4.69, 9.17) is 22.5 Å². The Kier molecular flexibility index (Phi) is 9.95. The van der Waals surface area contributed by atoms with Gasteiger partial charge in [0.15, 0.2) is 0 Å². The lowest BCUT2D eigenvalue weighted by atomic mass is 10.2. The monoisotopic (exact) mass is 770 g/mol. The van der Waals surface area contributed by atoms with Crippen molar-refractivity contribution in [3.8, 4) is 0 Å². The lowest BCUT2D eigenvalue weighted by Gasteiger charge is -2.33. The first-order chi connectivity index (χ1) is 25.1. The van der Waals surface area contributed by atoms with E-state index in [-0.39, 0.29) is 0 Å². The van der Waals surface area contributed by atoms with Crippen molar-refractivity contribution in [3.63, 3.8) is 0 Å². The average molecular weight is 772 g/mol. The van der Waals surface area contributed by atoms with Crippen LogP contribution in [-0.4, -0.2) is 0 Å². The van der Waals surface area contributed by atoms with Crippen molar-refractivity contribution in [3.05, 3.63) is 215 Å². The lowest BCUT2D eigenvalue weighted by molar-refractivity contribution is 1.56. The summed E-state index contributed by atoms with van der Waals surface area (Å²) in [7, 11) is 0. The molecule has 0 bridgehead atoms. The Morgan fingerprint density at radius 2 is 0.667 bits per heavy atom. The van der Waals surface area contributed by atoms with Gasteiger partial charge in [-0.1, -0.05) is 223 Å². The summed E-state index contributed by atoms with van der Waals surface area (Å²) in [6, 6.07) is 73.3. The van der Waals surface area contributed by atoms with E-state index in [1.54, 1.807) is 0 Å². The molecule has 51 heavy (non-hydrogen) atoms. The molecule has 0 saturated heterocycles. The fraction of sp³-hybridized carbons (Fsp3) is 0.0222. The molecule has 2 atom stereocenters. The summed E-state index contributed by atoms with van der Waals surface area (Å²) in [6.07, 6.45) is 0. The summed E-state index contributed by atoms with van der Waals surface area (Å²) in [5.41, 5.74) is 1.21. The van der Waals surface area contributed by atoms with E-state index in [1.807, 2.05) is 0 Å². The second-order valence-electron chi connectivity index (χ2n) is 12.5. The van der Waals surface area contributed by atoms with Gasteiger partial charge in [0.1, 0.15) is 0 Å². The maximum absolute atomic E-state index is 8.57. The smallest absolute Gasteiger partial charge is 0.0532 e. The first-order valence-corrected chi connectivity index (χ1v) is 25.1. The third kappa shape index (κ3) is 5.70. The number of rotatable bonds is 6. The van der Waals surface area contributed by atoms with Gasteiger partial charge in [-0.3, -0.25) is 0 Å². The van der Waals surface area contributed by atoms with Crippen LogP contribution in [0.25, 0.3) is 10.5 Å². The third-order valence-electron chi connectivity index (χ3n) is 9.69. The molecule has 0 aliphatic carbocycles. The molecule has 0 aliphatic heterocycles. The van der Waals surface area contributed by atoms with Crippen LogP contribution < -0.4 is 31.8 Å². The summed E-state index contributed by atoms with van der Waals surface area (Å²) in [5, 5.41) is 10.2. The minimum atomic E-state index is -2.59. The standard InChI is InChI=1S/C45H36Cl2P4/c1-35-21-20-34-42-43(35)48(46)45(51(39-28-14-5-15-29-39,40-30-16-6-17-31-40)41-32-18-7-19-33-41)49(47)44(42)50(36-22-8-2-9-23-36,37-24-10-3-11-25-37)38-26-12-4-13-27-38/h2-34H,1H3. The van der Waals surface area contributed by atoms with Crippen molar-refractivity contribution in [2.75, 3.05) is 0 Å². The second-order valence-corrected chi connectivity index (χ2v) is 25.5. The Hall–Kier alpha value is -3.68. The maximum atomic E-state index is 8.57. The minimum Gasteiger partial charge on any atom is -0.0622 e. The van der Waals surface area contributed by atoms with Crippen LogP contribution in [0.15, 0.2) is 200 Å². The van der Waals surface area contributed by atoms with Gasteiger partial charge in [-0.15, -0.1) is 0 Å². The molecule has 8 rings (SSSR count). The van der Waals surface area contributed by atoms with E-state index in [9.17, 15) is 0 Å². The number of halogens is 2. The summed E-state index contributed by atoms with van der Waals surface area (Å²) in [6.45, 7) is -5.75. The van der Waals surface area contributed by atoms with Crippen LogP contribution in [0.2, 0.25) is 0 Å². The maximum Gasteiger partial charge on any atom is 0.0532 e. The van der Waals surface area contributed by atoms with Gasteiger partial charge < -0.3 is 0 Å². The topological polar surface area (TPSA) is 0 Å². The van der Waals surface area contributed by atoms with Crippen LogP contribution in [0.4, 0.5) is 0 Å². The zero-order chi connectivity index (χ0) is 34.8. The van der Waals surface area contributed by atoms with Gasteiger partial charge in [0.25, 0.3) is 0 Å². The van der Waals surface area contributed by atoms with Crippen LogP contribution in [0.5, 0.6) is 0 Å². The zero-order valence-electron chi connectivity index (χ0n) is 28.1. The van der Waals surface area contributed by atoms with Crippen molar-refractivity contribution in [2.24, 2.45) is 0 Å². The van der Waals surface area contributed by atoms with Gasteiger partial charge in [0.05, 0.1) is 4.40 Å². The summed E-state index contributed by atoms with van der Waals surface area (Å²) >= 11 is 16.8. The third-order valence-corrected chi connectivity index (χ3v) is 29.4. The Morgan fingerprint density at radius 1 is 0.353 bits per heavy atom. The number of aryl methyl sites for hydroxylation is 1. The highest BCUT2D eigenvalue weighted by atomic mass is 35.7. The van der Waals surface area contributed by atoms with Crippen LogP contribution in [0.3, 0.4) is 0 Å². The van der Waals surface area contributed by atoms with Crippen LogP contribution in [0.1, 0.15) is 5.56 Å². The van der Waals surface area contributed by atoms with Gasteiger partial charge in [-0.25, -0.2) is 0 Å². The largest absolute Gasteiger partial charge is 0.0622 e. The molecule has 2 unspecified atom stereocenters. The molecule has 0 N–H and O–H groups in total. The van der Waals surface area contributed by atoms with Crippen LogP contribution >= 0.6 is 50.0 Å². The molecule has 0 aliphatic rings. The highest BCUT2D eigenvalue weighted by Gasteiger charge is 2.33. The molecular weight excluding hydrogens is 735 g/mol. The average Bonchev–Trinajstić information content (AvgIpc) is 3.20. The molecule has 0 spiro atoms. The van der Waals surface area contributed by atoms with Gasteiger partial charge >= 0.3 is 0 Å². The predicted octanol–water partition coefficient (Wildman–Crippen LogP) is 12.2. The Balaban J connectivity index is 1.89. The SMILES string of the molecule is Cc1cccc2c(=P(c3ccccc3)(c3ccccc3)c3ccccc3)p(Cl)c(=P(c3ccccc3)(c3ccccc3)c3ccccc3)p(Cl)c12. The zero-order valence-corrected chi connectivity index (χ0v) is 33.2. The van der Waals surface area contributed by atoms with E-state index >= 15 is 0 Å². The molecule has 0 saturated carbocycles. The van der Waals surface area contributed by atoms with E-state index in [2.05, 4.69) is 207 Å². The van der Waals surface area contributed by atoms with Gasteiger partial charge in [-0.05, 0) is 71.9 Å². The van der Waals surface area contributed by atoms with Crippen LogP contribution in [-0.2, 0) is 0 Å². The summed E-state index contributed by atoms with van der Waals surface area (Å²) in [4.78, 5) is 0. The number of benzene rings is 7. The summed E-state index contributed by atoms with van der Waals surface area (Å²) < 4.78 is 2.62. The van der Waals surface area contributed by atoms with E-state index in [0.717, 1.165) is 0 Å². The normalized spacial score (nSPS) is 12.5. The van der Waals surface area contributed by atoms with E-state index in [0.29, 0.717) is 0 Å². The molecule has 1 aromatic heterocycles. The lowest BCUT2D eigenvalue weighted by Crippen LogP contribution is -2.26. The fourth-order valence-corrected chi connectivity index (χ4v) is 31.4. The van der Waals surface area contributed by atoms with Crippen molar-refractivity contribution >= 4 is 92.4 Å². The second kappa shape index (κ2) is 14.7.